The zero-order valence-corrected chi connectivity index (χ0v) is 65.5. The maximum absolute atomic E-state index is 13.6. The number of hydrogen-bond acceptors (Lipinski definition) is 22. The first-order chi connectivity index (χ1) is 51.0. The second-order valence-electron chi connectivity index (χ2n) is 23.1. The van der Waals surface area contributed by atoms with Crippen molar-refractivity contribution in [3.63, 3.8) is 0 Å². The lowest BCUT2D eigenvalue weighted by Gasteiger charge is -2.33. The fraction of sp³-hybridized carbons (Fsp3) is 0.338. The molecule has 2 saturated heterocycles. The SMILES string of the molecule is COc1ccc(CC2C(=O)N(Cc3ccc(Cl)c(Cl)c3)C(=O)NC2=NCCN2CCN=C2N)cc1.COc1ccc(CC2C(=O)N(Cc3ccc(Cl)c(Cl)c3)C(=O)NC2=NCCNCCN)cc1.COc1ccc(Cn2c(SC)nc(=O)n(Cc3ccc(Cl)c(Cl)c3)c2=O)cc1.N#CBr.NCCNCCN. The average Bonchev–Trinajstić information content (AvgIpc) is 0.815. The van der Waals surface area contributed by atoms with E-state index in [-0.39, 0.29) is 38.0 Å². The van der Waals surface area contributed by atoms with Gasteiger partial charge in [-0.15, -0.1) is 0 Å². The molecule has 3 aliphatic heterocycles. The van der Waals surface area contributed by atoms with Gasteiger partial charge < -0.3 is 52.7 Å². The van der Waals surface area contributed by atoms with E-state index in [1.165, 1.54) is 26.1 Å². The third-order valence-corrected chi connectivity index (χ3v) is 18.8. The van der Waals surface area contributed by atoms with Crippen molar-refractivity contribution in [1.29, 1.82) is 5.26 Å². The molecule has 106 heavy (non-hydrogen) atoms. The molecule has 0 aliphatic carbocycles. The number of halogens is 7. The van der Waals surface area contributed by atoms with E-state index in [2.05, 4.69) is 57.2 Å². The summed E-state index contributed by atoms with van der Waals surface area (Å²) in [5, 5.41) is 21.7. The number of amidine groups is 2. The predicted molar refractivity (Wildman–Crippen MR) is 424 cm³/mol. The van der Waals surface area contributed by atoms with Gasteiger partial charge in [0.2, 0.25) is 11.8 Å². The van der Waals surface area contributed by atoms with Crippen LogP contribution in [0.4, 0.5) is 9.59 Å². The van der Waals surface area contributed by atoms with Crippen LogP contribution in [-0.2, 0) is 48.6 Å². The standard InChI is InChI=1S/C24H26Cl2N6O3.C23H27Cl2N5O3.C19H17Cl2N3O3S.C4H13N3.CBrN/c1-35-17-5-2-15(3-6-17)12-18-21(28-8-10-31-11-9-29-23(31)27)30-24(34)32(22(18)33)14-16-4-7-19(25)20(26)13-16;1-33-17-5-2-15(3-6-17)12-18-21(28-11-10-27-9-8-26)29-23(32)30(22(18)31)14-16-4-7-19(24)20(25)13-16;1-27-14-6-3-12(4-7-14)10-24-18(28-2)22-17(25)23(19(24)26)11-13-5-8-15(20)16(21)9-13;5-1-3-7-4-2-6;2-1-3/h2-7,13,18H,8-12,14H2,1H3,(H2,27,29)(H,28,30,34);2-7,13,18,27H,8-12,14,26H2,1H3,(H,28,29,32);3-9H,10-11H2,1-2H3;7H,1-6H2;. The van der Waals surface area contributed by atoms with Gasteiger partial charge in [0.15, 0.2) is 11.1 Å². The van der Waals surface area contributed by atoms with Crippen molar-refractivity contribution < 1.29 is 33.4 Å². The van der Waals surface area contributed by atoms with Crippen LogP contribution in [0.15, 0.2) is 157 Å². The second-order valence-corrected chi connectivity index (χ2v) is 26.6. The van der Waals surface area contributed by atoms with Gasteiger partial charge in [-0.05, 0) is 125 Å². The fourth-order valence-electron chi connectivity index (χ4n) is 10.4. The van der Waals surface area contributed by atoms with Gasteiger partial charge in [-0.3, -0.25) is 49.6 Å². The van der Waals surface area contributed by atoms with Gasteiger partial charge in [0.05, 0.1) is 97.3 Å². The molecule has 1 aromatic heterocycles. The number of rotatable bonds is 28. The number of methoxy groups -OCH3 is 3. The third-order valence-electron chi connectivity index (χ3n) is 15.9. The minimum absolute atomic E-state index is 0.0544. The molecule has 27 nitrogen and oxygen atoms in total. The molecule has 2 atom stereocenters. The number of imide groups is 2. The number of benzene rings is 6. The summed E-state index contributed by atoms with van der Waals surface area (Å²) in [6, 6.07) is 36.3. The van der Waals surface area contributed by atoms with Crippen LogP contribution < -0.4 is 69.8 Å². The van der Waals surface area contributed by atoms with E-state index >= 15 is 0 Å². The fourth-order valence-corrected chi connectivity index (χ4v) is 11.9. The molecule has 2 fully saturated rings. The van der Waals surface area contributed by atoms with E-state index < -0.39 is 35.3 Å². The first-order valence-corrected chi connectivity index (χ1v) is 37.2. The van der Waals surface area contributed by atoms with E-state index in [0.29, 0.717) is 141 Å². The Labute approximate surface area is 657 Å². The maximum atomic E-state index is 13.6. The number of nitrogens with two attached hydrogens (primary N) is 4. The van der Waals surface area contributed by atoms with Crippen LogP contribution in [0.5, 0.6) is 17.2 Å². The van der Waals surface area contributed by atoms with Crippen molar-refractivity contribution in [2.24, 2.45) is 49.7 Å². The number of aliphatic imine (C=N–C) groups is 3. The van der Waals surface area contributed by atoms with Crippen molar-refractivity contribution in [3.05, 3.63) is 212 Å². The van der Waals surface area contributed by atoms with Gasteiger partial charge in [0.1, 0.15) is 45.7 Å². The molecule has 10 rings (SSSR count). The van der Waals surface area contributed by atoms with Gasteiger partial charge in [-0.2, -0.15) is 10.2 Å². The summed E-state index contributed by atoms with van der Waals surface area (Å²) in [6.45, 7) is 8.11. The van der Waals surface area contributed by atoms with Gasteiger partial charge in [-0.1, -0.05) is 136 Å². The number of guanidine groups is 1. The Balaban J connectivity index is 0.000000235. The molecule has 3 aliphatic rings. The molecule has 0 bridgehead atoms. The Hall–Kier alpha value is -8.32. The summed E-state index contributed by atoms with van der Waals surface area (Å²) < 4.78 is 18.2. The first-order valence-electron chi connectivity index (χ1n) is 32.9. The van der Waals surface area contributed by atoms with E-state index in [0.717, 1.165) is 58.1 Å². The molecule has 35 heteroatoms. The van der Waals surface area contributed by atoms with Crippen molar-refractivity contribution in [3.8, 4) is 22.2 Å². The van der Waals surface area contributed by atoms with Crippen molar-refractivity contribution in [2.75, 3.05) is 106 Å². The minimum atomic E-state index is -0.659. The third kappa shape index (κ3) is 26.6. The van der Waals surface area contributed by atoms with E-state index in [1.807, 2.05) is 77.7 Å². The van der Waals surface area contributed by atoms with E-state index in [9.17, 15) is 28.8 Å². The molecule has 566 valence electrons. The van der Waals surface area contributed by atoms with Crippen LogP contribution in [0, 0.1) is 22.1 Å². The smallest absolute Gasteiger partial charge is 0.354 e. The highest BCUT2D eigenvalue weighted by atomic mass is 79.9. The summed E-state index contributed by atoms with van der Waals surface area (Å²) in [7, 11) is 4.78. The number of carbonyl (C=O) groups excluding carboxylic acids is 4. The van der Waals surface area contributed by atoms with Gasteiger partial charge >= 0.3 is 23.4 Å². The molecule has 2 unspecified atom stereocenters. The van der Waals surface area contributed by atoms with Crippen LogP contribution >= 0.6 is 97.3 Å². The largest absolute Gasteiger partial charge is 0.497 e. The van der Waals surface area contributed by atoms with Crippen molar-refractivity contribution in [1.82, 2.24) is 50.1 Å². The summed E-state index contributed by atoms with van der Waals surface area (Å²) in [5.74, 6) is 1.41. The lowest BCUT2D eigenvalue weighted by molar-refractivity contribution is -0.132. The lowest BCUT2D eigenvalue weighted by Crippen LogP contribution is -2.58. The normalized spacial score (nSPS) is 15.3. The zero-order chi connectivity index (χ0) is 77.2. The minimum Gasteiger partial charge on any atom is -0.497 e. The Morgan fingerprint density at radius 2 is 0.934 bits per heavy atom. The highest BCUT2D eigenvalue weighted by molar-refractivity contribution is 9.12. The molecule has 7 aromatic rings. The highest BCUT2D eigenvalue weighted by Crippen LogP contribution is 2.29. The van der Waals surface area contributed by atoms with Gasteiger partial charge in [-0.25, -0.2) is 23.7 Å². The molecular weight excluding hydrogens is 1570 g/mol. The number of ether oxygens (including phenoxy) is 3. The predicted octanol–water partition coefficient (Wildman–Crippen LogP) is 8.70. The molecule has 12 N–H and O–H groups in total. The number of hydrogen-bond donors (Lipinski definition) is 8. The van der Waals surface area contributed by atoms with Crippen LogP contribution in [-0.4, -0.2) is 176 Å². The number of amides is 6. The van der Waals surface area contributed by atoms with Gasteiger partial charge in [0, 0.05) is 74.8 Å². The molecule has 4 heterocycles. The molecular formula is C71H83BrCl6N18O9S. The summed E-state index contributed by atoms with van der Waals surface area (Å²) in [4.78, 5) is 101. The Bertz CT molecular complexity index is 4340. The number of thioether (sulfide) groups is 1. The topological polar surface area (TPSA) is 376 Å². The average molecular weight is 1660 g/mol. The molecule has 0 radical (unpaired) electrons. The molecule has 0 spiro atoms. The quantitative estimate of drug-likeness (QED) is 0.0168. The van der Waals surface area contributed by atoms with Crippen molar-refractivity contribution in [2.45, 2.75) is 44.2 Å². The lowest BCUT2D eigenvalue weighted by atomic mass is 9.94. The van der Waals surface area contributed by atoms with Crippen LogP contribution in [0.25, 0.3) is 0 Å². The van der Waals surface area contributed by atoms with Gasteiger partial charge in [0.25, 0.3) is 0 Å². The van der Waals surface area contributed by atoms with Crippen LogP contribution in [0.2, 0.25) is 30.1 Å². The number of nitrogens with one attached hydrogen (secondary N) is 4. The number of nitrogens with zero attached hydrogens (tertiary/aromatic N) is 10. The van der Waals surface area contributed by atoms with Crippen molar-refractivity contribution >= 4 is 139 Å². The highest BCUT2D eigenvalue weighted by Gasteiger charge is 2.40. The first kappa shape index (κ1) is 86.6. The number of nitriles is 1. The number of carbonyl (C=O) groups is 4. The summed E-state index contributed by atoms with van der Waals surface area (Å²) in [6.07, 6.45) is 2.53. The second kappa shape index (κ2) is 45.4. The van der Waals surface area contributed by atoms with E-state index in [1.54, 1.807) is 87.2 Å². The van der Waals surface area contributed by atoms with Crippen LogP contribution in [0.1, 0.15) is 33.4 Å². The Morgan fingerprint density at radius 1 is 0.557 bits per heavy atom. The molecule has 6 aromatic carbocycles. The maximum Gasteiger partial charge on any atom is 0.354 e. The number of urea groups is 2. The van der Waals surface area contributed by atoms with Crippen LogP contribution in [0.3, 0.4) is 0 Å². The molecule has 0 saturated carbocycles. The zero-order valence-electron chi connectivity index (χ0n) is 58.5. The Kier molecular flexibility index (Phi) is 37.1. The molecule has 6 amide bonds. The van der Waals surface area contributed by atoms with E-state index in [4.69, 9.17) is 112 Å². The summed E-state index contributed by atoms with van der Waals surface area (Å²) in [5.41, 5.74) is 25.4. The number of aromatic nitrogens is 3. The summed E-state index contributed by atoms with van der Waals surface area (Å²) >= 11 is 39.9. The monoisotopic (exact) mass is 1650 g/mol. The Morgan fingerprint density at radius 3 is 1.31 bits per heavy atom.